The molecule has 2 nitrogen and oxygen atoms in total. The summed E-state index contributed by atoms with van der Waals surface area (Å²) in [7, 11) is 0. The summed E-state index contributed by atoms with van der Waals surface area (Å²) in [5, 5.41) is 0. The minimum absolute atomic E-state index is 0.124. The fourth-order valence-electron chi connectivity index (χ4n) is 1.09. The Labute approximate surface area is 79.7 Å². The topological polar surface area (TPSA) is 38.9 Å². The maximum atomic E-state index is 12.4. The number of halogens is 3. The van der Waals surface area contributed by atoms with Gasteiger partial charge in [0.05, 0.1) is 5.56 Å². The van der Waals surface area contributed by atoms with Crippen LogP contribution in [0.5, 0.6) is 0 Å². The van der Waals surface area contributed by atoms with Crippen molar-refractivity contribution < 1.29 is 8.78 Å². The number of alkyl halides is 3. The van der Waals surface area contributed by atoms with Crippen molar-refractivity contribution in [2.45, 2.75) is 19.2 Å². The van der Waals surface area contributed by atoms with E-state index < -0.39 is 6.43 Å². The quantitative estimate of drug-likeness (QED) is 0.756. The molecule has 5 heteroatoms. The molecule has 13 heavy (non-hydrogen) atoms. The van der Waals surface area contributed by atoms with E-state index in [0.717, 1.165) is 0 Å². The molecule has 0 saturated heterocycles. The van der Waals surface area contributed by atoms with Gasteiger partial charge in [-0.15, -0.1) is 11.6 Å². The smallest absolute Gasteiger partial charge is 0.267 e. The van der Waals surface area contributed by atoms with Crippen molar-refractivity contribution in [3.63, 3.8) is 0 Å². The number of hydrogen-bond acceptors (Lipinski definition) is 2. The highest BCUT2D eigenvalue weighted by atomic mass is 35.5. The number of rotatable bonds is 2. The highest BCUT2D eigenvalue weighted by Crippen LogP contribution is 2.29. The van der Waals surface area contributed by atoms with E-state index in [4.69, 9.17) is 17.3 Å². The van der Waals surface area contributed by atoms with E-state index in [1.807, 2.05) is 0 Å². The van der Waals surface area contributed by atoms with Crippen molar-refractivity contribution in [3.8, 4) is 0 Å². The SMILES string of the molecule is Cc1c(CCl)cnc(N)c1C(F)F. The van der Waals surface area contributed by atoms with E-state index in [-0.39, 0.29) is 17.3 Å². The van der Waals surface area contributed by atoms with Gasteiger partial charge < -0.3 is 5.73 Å². The standard InChI is InChI=1S/C8H9ClF2N2/c1-4-5(2-9)3-13-8(12)6(4)7(10)11/h3,7H,2H2,1H3,(H2,12,13). The Morgan fingerprint density at radius 1 is 1.62 bits per heavy atom. The molecule has 0 bridgehead atoms. The van der Waals surface area contributed by atoms with Crippen LogP contribution in [0.4, 0.5) is 14.6 Å². The lowest BCUT2D eigenvalue weighted by molar-refractivity contribution is 0.151. The molecule has 0 unspecified atom stereocenters. The van der Waals surface area contributed by atoms with Crippen LogP contribution in [0, 0.1) is 6.92 Å². The molecule has 0 aromatic carbocycles. The zero-order valence-corrected chi connectivity index (χ0v) is 7.78. The van der Waals surface area contributed by atoms with Gasteiger partial charge in [-0.05, 0) is 18.1 Å². The highest BCUT2D eigenvalue weighted by molar-refractivity contribution is 6.17. The van der Waals surface area contributed by atoms with E-state index in [1.54, 1.807) is 6.92 Å². The summed E-state index contributed by atoms with van der Waals surface area (Å²) in [6.07, 6.45) is -1.18. The Morgan fingerprint density at radius 2 is 2.23 bits per heavy atom. The third-order valence-corrected chi connectivity index (χ3v) is 2.17. The predicted octanol–water partition coefficient (Wildman–Crippen LogP) is 2.65. The minimum Gasteiger partial charge on any atom is -0.383 e. The maximum Gasteiger partial charge on any atom is 0.267 e. The van der Waals surface area contributed by atoms with Crippen molar-refractivity contribution >= 4 is 17.4 Å². The average molecular weight is 207 g/mol. The van der Waals surface area contributed by atoms with Crippen LogP contribution in [0.2, 0.25) is 0 Å². The number of anilines is 1. The number of nitrogen functional groups attached to an aromatic ring is 1. The third-order valence-electron chi connectivity index (χ3n) is 1.88. The van der Waals surface area contributed by atoms with Crippen LogP contribution in [0.3, 0.4) is 0 Å². The van der Waals surface area contributed by atoms with Gasteiger partial charge in [0.1, 0.15) is 5.82 Å². The fraction of sp³-hybridized carbons (Fsp3) is 0.375. The molecule has 0 saturated carbocycles. The minimum atomic E-state index is -2.60. The van der Waals surface area contributed by atoms with Crippen LogP contribution in [0.25, 0.3) is 0 Å². The largest absolute Gasteiger partial charge is 0.383 e. The summed E-state index contributed by atoms with van der Waals surface area (Å²) in [5.41, 5.74) is 6.12. The maximum absolute atomic E-state index is 12.4. The molecule has 0 amide bonds. The molecule has 1 heterocycles. The molecule has 1 rings (SSSR count). The summed E-state index contributed by atoms with van der Waals surface area (Å²) < 4.78 is 24.9. The number of nitrogens with two attached hydrogens (primary N) is 1. The predicted molar refractivity (Wildman–Crippen MR) is 47.9 cm³/mol. The zero-order chi connectivity index (χ0) is 10.0. The Bertz CT molecular complexity index is 315. The number of pyridine rings is 1. The van der Waals surface area contributed by atoms with E-state index in [9.17, 15) is 8.78 Å². The third kappa shape index (κ3) is 1.88. The molecule has 1 aromatic rings. The van der Waals surface area contributed by atoms with Crippen LogP contribution < -0.4 is 5.73 Å². The van der Waals surface area contributed by atoms with Crippen LogP contribution in [-0.4, -0.2) is 4.98 Å². The fourth-order valence-corrected chi connectivity index (χ4v) is 1.36. The van der Waals surface area contributed by atoms with Gasteiger partial charge >= 0.3 is 0 Å². The first-order valence-electron chi connectivity index (χ1n) is 3.66. The van der Waals surface area contributed by atoms with Crippen molar-refractivity contribution in [2.24, 2.45) is 0 Å². The lowest BCUT2D eigenvalue weighted by Gasteiger charge is -2.10. The second-order valence-electron chi connectivity index (χ2n) is 2.64. The second-order valence-corrected chi connectivity index (χ2v) is 2.91. The Hall–Kier alpha value is -0.900. The van der Waals surface area contributed by atoms with Crippen LogP contribution >= 0.6 is 11.6 Å². The van der Waals surface area contributed by atoms with Gasteiger partial charge in [-0.2, -0.15) is 0 Å². The second kappa shape index (κ2) is 3.87. The van der Waals surface area contributed by atoms with Gasteiger partial charge in [0.2, 0.25) is 0 Å². The zero-order valence-electron chi connectivity index (χ0n) is 7.02. The lowest BCUT2D eigenvalue weighted by Crippen LogP contribution is -2.03. The highest BCUT2D eigenvalue weighted by Gasteiger charge is 2.17. The van der Waals surface area contributed by atoms with Gasteiger partial charge in [-0.1, -0.05) is 0 Å². The Kier molecular flexibility index (Phi) is 3.03. The first-order chi connectivity index (χ1) is 6.07. The summed E-state index contributed by atoms with van der Waals surface area (Å²) in [6, 6.07) is 0. The molecule has 0 aliphatic carbocycles. The van der Waals surface area contributed by atoms with E-state index in [2.05, 4.69) is 4.98 Å². The summed E-state index contributed by atoms with van der Waals surface area (Å²) in [6.45, 7) is 1.57. The van der Waals surface area contributed by atoms with Crippen molar-refractivity contribution in [2.75, 3.05) is 5.73 Å². The van der Waals surface area contributed by atoms with Crippen LogP contribution in [-0.2, 0) is 5.88 Å². The van der Waals surface area contributed by atoms with Crippen LogP contribution in [0.1, 0.15) is 23.1 Å². The van der Waals surface area contributed by atoms with E-state index in [1.165, 1.54) is 6.20 Å². The van der Waals surface area contributed by atoms with Crippen molar-refractivity contribution in [1.29, 1.82) is 0 Å². The molecule has 0 spiro atoms. The molecule has 0 fully saturated rings. The van der Waals surface area contributed by atoms with Gasteiger partial charge in [-0.25, -0.2) is 13.8 Å². The van der Waals surface area contributed by atoms with Gasteiger partial charge in [-0.3, -0.25) is 0 Å². The lowest BCUT2D eigenvalue weighted by atomic mass is 10.1. The van der Waals surface area contributed by atoms with E-state index in [0.29, 0.717) is 11.1 Å². The number of hydrogen-bond donors (Lipinski definition) is 1. The van der Waals surface area contributed by atoms with Gasteiger partial charge in [0, 0.05) is 12.1 Å². The van der Waals surface area contributed by atoms with Crippen molar-refractivity contribution in [3.05, 3.63) is 22.9 Å². The number of nitrogens with zero attached hydrogens (tertiary/aromatic N) is 1. The molecule has 0 aliphatic rings. The number of aromatic nitrogens is 1. The normalized spacial score (nSPS) is 10.8. The van der Waals surface area contributed by atoms with Gasteiger partial charge in [0.15, 0.2) is 0 Å². The molecule has 72 valence electrons. The Morgan fingerprint density at radius 3 is 2.69 bits per heavy atom. The Balaban J connectivity index is 3.30. The van der Waals surface area contributed by atoms with E-state index >= 15 is 0 Å². The molecule has 0 aliphatic heterocycles. The van der Waals surface area contributed by atoms with Crippen LogP contribution in [0.15, 0.2) is 6.20 Å². The van der Waals surface area contributed by atoms with Gasteiger partial charge in [0.25, 0.3) is 6.43 Å². The average Bonchev–Trinajstić information content (AvgIpc) is 2.04. The molecular formula is C8H9ClF2N2. The first-order valence-corrected chi connectivity index (χ1v) is 4.19. The summed E-state index contributed by atoms with van der Waals surface area (Å²) in [5.74, 6) is 0.0418. The monoisotopic (exact) mass is 206 g/mol. The summed E-state index contributed by atoms with van der Waals surface area (Å²) >= 11 is 5.54. The summed E-state index contributed by atoms with van der Waals surface area (Å²) in [4.78, 5) is 3.65. The molecule has 1 aromatic heterocycles. The van der Waals surface area contributed by atoms with Crippen molar-refractivity contribution in [1.82, 2.24) is 4.98 Å². The molecule has 0 radical (unpaired) electrons. The molecule has 0 atom stereocenters. The molecular weight excluding hydrogens is 198 g/mol. The first kappa shape index (κ1) is 10.2. The molecule has 2 N–H and O–H groups in total.